The molecule has 1 fully saturated rings. The van der Waals surface area contributed by atoms with Gasteiger partial charge in [0.1, 0.15) is 12.1 Å². The van der Waals surface area contributed by atoms with Gasteiger partial charge in [0.05, 0.1) is 58.5 Å². The predicted molar refractivity (Wildman–Crippen MR) is 197 cm³/mol. The number of rotatable bonds is 12. The van der Waals surface area contributed by atoms with E-state index in [1.165, 1.54) is 11.0 Å². The van der Waals surface area contributed by atoms with Crippen molar-refractivity contribution in [3.63, 3.8) is 0 Å². The number of fused-ring (bicyclic) bond motifs is 1. The molecule has 1 unspecified atom stereocenters. The smallest absolute Gasteiger partial charge is 0.257 e. The highest BCUT2D eigenvalue weighted by atomic mass is 35.5. The SMILES string of the molecule is COc1ccc(-n2cnnn2)cc1C(=O)N(C)CC(CCN1CCCN(c2nc3ccccc3n2Cc2ccoc2)CC1)c1ccc(Cl)c(Cl)c1. The van der Waals surface area contributed by atoms with E-state index in [0.717, 1.165) is 73.7 Å². The predicted octanol–water partition coefficient (Wildman–Crippen LogP) is 6.43. The Kier molecular flexibility index (Phi) is 10.5. The van der Waals surface area contributed by atoms with Gasteiger partial charge < -0.3 is 28.4 Å². The van der Waals surface area contributed by atoms with E-state index in [0.29, 0.717) is 40.1 Å². The lowest BCUT2D eigenvalue weighted by atomic mass is 9.94. The van der Waals surface area contributed by atoms with Gasteiger partial charge >= 0.3 is 0 Å². The molecule has 6 aromatic rings. The number of tetrazole rings is 1. The van der Waals surface area contributed by atoms with Crippen LogP contribution >= 0.6 is 23.2 Å². The average Bonchev–Trinajstić information content (AvgIpc) is 3.92. The van der Waals surface area contributed by atoms with Crippen LogP contribution in [0.15, 0.2) is 90.0 Å². The summed E-state index contributed by atoms with van der Waals surface area (Å²) in [5.74, 6) is 1.28. The van der Waals surface area contributed by atoms with Crippen molar-refractivity contribution in [3.05, 3.63) is 112 Å². The van der Waals surface area contributed by atoms with Crippen LogP contribution in [0.2, 0.25) is 10.0 Å². The Labute approximate surface area is 306 Å². The normalized spacial score (nSPS) is 14.5. The number of halogens is 2. The first-order valence-corrected chi connectivity index (χ1v) is 17.7. The lowest BCUT2D eigenvalue weighted by Gasteiger charge is -2.28. The number of hydrogen-bond donors (Lipinski definition) is 0. The highest BCUT2D eigenvalue weighted by Gasteiger charge is 2.25. The zero-order chi connectivity index (χ0) is 35.3. The fourth-order valence-electron chi connectivity index (χ4n) is 6.79. The molecule has 14 heteroatoms. The van der Waals surface area contributed by atoms with Gasteiger partial charge in [-0.3, -0.25) is 4.79 Å². The van der Waals surface area contributed by atoms with Crippen LogP contribution in [0, 0.1) is 0 Å². The fourth-order valence-corrected chi connectivity index (χ4v) is 7.10. The molecule has 3 aromatic carbocycles. The van der Waals surface area contributed by atoms with Crippen molar-refractivity contribution in [1.82, 2.24) is 39.6 Å². The minimum absolute atomic E-state index is 0.000855. The Bertz CT molecular complexity index is 2080. The Morgan fingerprint density at radius 3 is 2.69 bits per heavy atom. The minimum Gasteiger partial charge on any atom is -0.496 e. The average molecular weight is 729 g/mol. The molecule has 1 aliphatic heterocycles. The molecule has 1 saturated heterocycles. The van der Waals surface area contributed by atoms with Gasteiger partial charge in [-0.25, -0.2) is 9.67 Å². The number of para-hydroxylation sites is 2. The number of furan rings is 1. The second kappa shape index (κ2) is 15.5. The number of anilines is 1. The number of imidazole rings is 1. The van der Waals surface area contributed by atoms with Crippen LogP contribution in [0.5, 0.6) is 5.75 Å². The summed E-state index contributed by atoms with van der Waals surface area (Å²) in [4.78, 5) is 25.7. The summed E-state index contributed by atoms with van der Waals surface area (Å²) in [5, 5.41) is 12.4. The second-order valence-corrected chi connectivity index (χ2v) is 13.6. The standard InChI is InChI=1S/C37H39Cl2N9O3/c1-44(36(49)30-21-29(9-11-35(30)50-2)48-25-40-42-43-48)23-28(27-8-10-31(38)32(39)20-27)12-16-45-14-5-15-46(18-17-45)37-41-33-6-3-4-7-34(33)47(37)22-26-13-19-51-24-26/h3-4,6-11,13,19-21,24-25,28H,5,12,14-18,22-23H2,1-2H3. The summed E-state index contributed by atoms with van der Waals surface area (Å²) >= 11 is 12.8. The third-order valence-electron chi connectivity index (χ3n) is 9.50. The summed E-state index contributed by atoms with van der Waals surface area (Å²) < 4.78 is 14.7. The number of benzene rings is 3. The van der Waals surface area contributed by atoms with Gasteiger partial charge in [0.2, 0.25) is 5.95 Å². The molecule has 3 aromatic heterocycles. The number of nitrogens with zero attached hydrogens (tertiary/aromatic N) is 9. The molecule has 1 aliphatic rings. The van der Waals surface area contributed by atoms with E-state index in [1.807, 2.05) is 43.4 Å². The van der Waals surface area contributed by atoms with Crippen molar-refractivity contribution in [2.24, 2.45) is 0 Å². The van der Waals surface area contributed by atoms with Crippen LogP contribution < -0.4 is 9.64 Å². The van der Waals surface area contributed by atoms with E-state index < -0.39 is 0 Å². The monoisotopic (exact) mass is 727 g/mol. The Morgan fingerprint density at radius 1 is 1.02 bits per heavy atom. The van der Waals surface area contributed by atoms with Crippen molar-refractivity contribution < 1.29 is 13.9 Å². The molecule has 0 N–H and O–H groups in total. The van der Waals surface area contributed by atoms with E-state index >= 15 is 0 Å². The molecule has 0 radical (unpaired) electrons. The summed E-state index contributed by atoms with van der Waals surface area (Å²) in [6.45, 7) is 5.61. The summed E-state index contributed by atoms with van der Waals surface area (Å²) in [5.41, 5.74) is 5.31. The third kappa shape index (κ3) is 7.73. The maximum Gasteiger partial charge on any atom is 0.257 e. The van der Waals surface area contributed by atoms with Crippen LogP contribution in [0.4, 0.5) is 5.95 Å². The highest BCUT2D eigenvalue weighted by molar-refractivity contribution is 6.42. The van der Waals surface area contributed by atoms with Crippen LogP contribution in [0.1, 0.15) is 40.2 Å². The number of ether oxygens (including phenoxy) is 1. The Balaban J connectivity index is 1.06. The molecule has 12 nitrogen and oxygen atoms in total. The van der Waals surface area contributed by atoms with Crippen molar-refractivity contribution >= 4 is 46.1 Å². The number of methoxy groups -OCH3 is 1. The Hall–Kier alpha value is -4.91. The molecule has 7 rings (SSSR count). The number of carbonyl (C=O) groups is 1. The molecule has 51 heavy (non-hydrogen) atoms. The van der Waals surface area contributed by atoms with E-state index in [2.05, 4.69) is 48.1 Å². The van der Waals surface area contributed by atoms with Crippen molar-refractivity contribution in [2.75, 3.05) is 58.3 Å². The molecular weight excluding hydrogens is 689 g/mol. The van der Waals surface area contributed by atoms with Gasteiger partial charge in [0, 0.05) is 44.7 Å². The van der Waals surface area contributed by atoms with Gasteiger partial charge in [-0.1, -0.05) is 41.4 Å². The molecule has 0 bridgehead atoms. The number of hydrogen-bond acceptors (Lipinski definition) is 9. The molecule has 4 heterocycles. The first kappa shape index (κ1) is 34.5. The Morgan fingerprint density at radius 2 is 1.90 bits per heavy atom. The van der Waals surface area contributed by atoms with E-state index in [4.69, 9.17) is 37.3 Å². The zero-order valence-corrected chi connectivity index (χ0v) is 30.0. The summed E-state index contributed by atoms with van der Waals surface area (Å²) in [6, 6.07) is 21.3. The van der Waals surface area contributed by atoms with Gasteiger partial charge in [-0.05, 0) is 90.5 Å². The lowest BCUT2D eigenvalue weighted by Crippen LogP contribution is -2.35. The summed E-state index contributed by atoms with van der Waals surface area (Å²) in [7, 11) is 3.37. The van der Waals surface area contributed by atoms with E-state index in [9.17, 15) is 4.79 Å². The number of aromatic nitrogens is 6. The van der Waals surface area contributed by atoms with Crippen molar-refractivity contribution in [2.45, 2.75) is 25.3 Å². The summed E-state index contributed by atoms with van der Waals surface area (Å²) in [6.07, 6.45) is 6.81. The van der Waals surface area contributed by atoms with Crippen LogP contribution in [0.3, 0.4) is 0 Å². The lowest BCUT2D eigenvalue weighted by molar-refractivity contribution is 0.0779. The second-order valence-electron chi connectivity index (χ2n) is 12.8. The molecular formula is C37H39Cl2N9O3. The maximum absolute atomic E-state index is 14.0. The van der Waals surface area contributed by atoms with E-state index in [1.54, 1.807) is 36.7 Å². The third-order valence-corrected chi connectivity index (χ3v) is 10.2. The molecule has 264 valence electrons. The number of amides is 1. The van der Waals surface area contributed by atoms with Gasteiger partial charge in [-0.2, -0.15) is 0 Å². The largest absolute Gasteiger partial charge is 0.496 e. The van der Waals surface area contributed by atoms with Crippen LogP contribution in [0.25, 0.3) is 16.7 Å². The maximum atomic E-state index is 14.0. The zero-order valence-electron chi connectivity index (χ0n) is 28.5. The quantitative estimate of drug-likeness (QED) is 0.141. The highest BCUT2D eigenvalue weighted by Crippen LogP contribution is 2.31. The van der Waals surface area contributed by atoms with E-state index in [-0.39, 0.29) is 11.8 Å². The van der Waals surface area contributed by atoms with Gasteiger partial charge in [0.25, 0.3) is 5.91 Å². The number of carbonyl (C=O) groups excluding carboxylic acids is 1. The first-order valence-electron chi connectivity index (χ1n) is 16.9. The fraction of sp³-hybridized carbons (Fsp3) is 0.324. The van der Waals surface area contributed by atoms with Crippen LogP contribution in [-0.4, -0.2) is 98.9 Å². The molecule has 0 spiro atoms. The number of likely N-dealkylation sites (N-methyl/N-ethyl adjacent to an activating group) is 1. The molecule has 0 saturated carbocycles. The minimum atomic E-state index is -0.171. The molecule has 1 atom stereocenters. The van der Waals surface area contributed by atoms with Gasteiger partial charge in [0.15, 0.2) is 0 Å². The topological polar surface area (TPSA) is 111 Å². The molecule has 1 amide bonds. The van der Waals surface area contributed by atoms with Gasteiger partial charge in [-0.15, -0.1) is 5.10 Å². The van der Waals surface area contributed by atoms with Crippen molar-refractivity contribution in [1.29, 1.82) is 0 Å². The first-order chi connectivity index (χ1) is 24.9. The molecule has 0 aliphatic carbocycles. The van der Waals surface area contributed by atoms with Crippen molar-refractivity contribution in [3.8, 4) is 11.4 Å². The van der Waals surface area contributed by atoms with Crippen LogP contribution in [-0.2, 0) is 6.54 Å².